The fraction of sp³-hybridized carbons (Fsp3) is 0.667. The van der Waals surface area contributed by atoms with Crippen molar-refractivity contribution in [2.45, 2.75) is 27.3 Å². The highest BCUT2D eigenvalue weighted by molar-refractivity contribution is 5.29. The van der Waals surface area contributed by atoms with E-state index < -0.39 is 0 Å². The minimum atomic E-state index is 0.0382. The van der Waals surface area contributed by atoms with Gasteiger partial charge < -0.3 is 19.9 Å². The van der Waals surface area contributed by atoms with Gasteiger partial charge in [-0.2, -0.15) is 0 Å². The van der Waals surface area contributed by atoms with Gasteiger partial charge in [0, 0.05) is 12.2 Å². The maximum Gasteiger partial charge on any atom is 0.142 e. The number of aryl methyl sites for hydroxylation is 1. The number of aliphatic hydroxyl groups excluding tert-OH is 1. The van der Waals surface area contributed by atoms with Crippen LogP contribution in [0.25, 0.3) is 0 Å². The van der Waals surface area contributed by atoms with Crippen LogP contribution in [0.5, 0.6) is 5.75 Å². The number of hydrogen-bond acceptors (Lipinski definition) is 5. The summed E-state index contributed by atoms with van der Waals surface area (Å²) in [4.78, 5) is 4.52. The van der Waals surface area contributed by atoms with Crippen LogP contribution in [0.3, 0.4) is 0 Å². The van der Waals surface area contributed by atoms with E-state index in [0.717, 1.165) is 23.7 Å². The third-order valence-electron chi connectivity index (χ3n) is 2.64. The van der Waals surface area contributed by atoms with E-state index in [1.807, 2.05) is 19.1 Å². The fourth-order valence-corrected chi connectivity index (χ4v) is 1.71. The molecular formula is C15H26N2O3. The molecule has 1 aromatic rings. The van der Waals surface area contributed by atoms with E-state index in [2.05, 4.69) is 24.1 Å². The molecule has 0 atom stereocenters. The molecule has 0 fully saturated rings. The summed E-state index contributed by atoms with van der Waals surface area (Å²) in [5.41, 5.74) is 1.91. The Morgan fingerprint density at radius 3 is 2.75 bits per heavy atom. The Hall–Kier alpha value is -1.17. The maximum absolute atomic E-state index is 8.62. The van der Waals surface area contributed by atoms with Crippen molar-refractivity contribution >= 4 is 0 Å². The molecule has 1 aromatic heterocycles. The summed E-state index contributed by atoms with van der Waals surface area (Å²) in [6.45, 7) is 9.28. The first-order valence-corrected chi connectivity index (χ1v) is 7.12. The van der Waals surface area contributed by atoms with E-state index in [4.69, 9.17) is 14.6 Å². The molecule has 0 aliphatic rings. The molecule has 0 unspecified atom stereocenters. The number of nitrogens with one attached hydrogen (secondary N) is 1. The lowest BCUT2D eigenvalue weighted by molar-refractivity contribution is 0.0701. The van der Waals surface area contributed by atoms with Crippen molar-refractivity contribution in [3.63, 3.8) is 0 Å². The van der Waals surface area contributed by atoms with Crippen LogP contribution >= 0.6 is 0 Å². The van der Waals surface area contributed by atoms with Crippen LogP contribution in [0, 0.1) is 12.8 Å². The predicted molar refractivity (Wildman–Crippen MR) is 78.9 cm³/mol. The number of hydrogen-bond donors (Lipinski definition) is 2. The molecule has 0 spiro atoms. The van der Waals surface area contributed by atoms with Crippen molar-refractivity contribution in [2.24, 2.45) is 5.92 Å². The Bertz CT molecular complexity index is 383. The lowest BCUT2D eigenvalue weighted by Crippen LogP contribution is -2.20. The first-order chi connectivity index (χ1) is 9.63. The van der Waals surface area contributed by atoms with E-state index in [9.17, 15) is 0 Å². The van der Waals surface area contributed by atoms with Crippen molar-refractivity contribution in [1.29, 1.82) is 0 Å². The SMILES string of the molecule is Cc1ccc(OCCOCCO)c(CNCC(C)C)n1. The van der Waals surface area contributed by atoms with Gasteiger partial charge in [0.25, 0.3) is 0 Å². The van der Waals surface area contributed by atoms with E-state index in [1.54, 1.807) is 0 Å². The third kappa shape index (κ3) is 6.84. The summed E-state index contributed by atoms with van der Waals surface area (Å²) in [5.74, 6) is 1.40. The molecule has 0 aliphatic carbocycles. The van der Waals surface area contributed by atoms with Gasteiger partial charge in [0.1, 0.15) is 12.4 Å². The first-order valence-electron chi connectivity index (χ1n) is 7.12. The third-order valence-corrected chi connectivity index (χ3v) is 2.64. The molecule has 2 N–H and O–H groups in total. The molecular weight excluding hydrogens is 256 g/mol. The second-order valence-corrected chi connectivity index (χ2v) is 5.11. The molecule has 0 aromatic carbocycles. The standard InChI is InChI=1S/C15H26N2O3/c1-12(2)10-16-11-14-15(5-4-13(3)17-14)20-9-8-19-7-6-18/h4-5,12,16,18H,6-11H2,1-3H3. The fourth-order valence-electron chi connectivity index (χ4n) is 1.71. The van der Waals surface area contributed by atoms with Crippen LogP contribution in [-0.4, -0.2) is 43.1 Å². The predicted octanol–water partition coefficient (Wildman–Crippen LogP) is 1.52. The summed E-state index contributed by atoms with van der Waals surface area (Å²) < 4.78 is 10.9. The summed E-state index contributed by atoms with van der Waals surface area (Å²) in [6, 6.07) is 3.89. The zero-order valence-electron chi connectivity index (χ0n) is 12.7. The zero-order chi connectivity index (χ0) is 14.8. The molecule has 0 amide bonds. The normalized spacial score (nSPS) is 11.1. The van der Waals surface area contributed by atoms with E-state index in [1.165, 1.54) is 0 Å². The Kier molecular flexibility index (Phi) is 8.18. The van der Waals surface area contributed by atoms with Gasteiger partial charge in [0.15, 0.2) is 0 Å². The second kappa shape index (κ2) is 9.69. The summed E-state index contributed by atoms with van der Waals surface area (Å²) in [6.07, 6.45) is 0. The molecule has 0 aliphatic heterocycles. The van der Waals surface area contributed by atoms with Crippen molar-refractivity contribution in [3.8, 4) is 5.75 Å². The summed E-state index contributed by atoms with van der Waals surface area (Å²) in [5, 5.41) is 12.0. The van der Waals surface area contributed by atoms with E-state index in [0.29, 0.717) is 32.3 Å². The van der Waals surface area contributed by atoms with Crippen LogP contribution in [-0.2, 0) is 11.3 Å². The number of ether oxygens (including phenoxy) is 2. The second-order valence-electron chi connectivity index (χ2n) is 5.11. The van der Waals surface area contributed by atoms with Crippen LogP contribution in [0.4, 0.5) is 0 Å². The number of aromatic nitrogens is 1. The minimum Gasteiger partial charge on any atom is -0.489 e. The van der Waals surface area contributed by atoms with Gasteiger partial charge in [-0.3, -0.25) is 4.98 Å². The van der Waals surface area contributed by atoms with Crippen LogP contribution in [0.1, 0.15) is 25.2 Å². The van der Waals surface area contributed by atoms with E-state index >= 15 is 0 Å². The van der Waals surface area contributed by atoms with Gasteiger partial charge in [-0.05, 0) is 31.5 Å². The molecule has 0 bridgehead atoms. The largest absolute Gasteiger partial charge is 0.489 e. The average Bonchev–Trinajstić information content (AvgIpc) is 2.40. The summed E-state index contributed by atoms with van der Waals surface area (Å²) in [7, 11) is 0. The van der Waals surface area contributed by atoms with Crippen molar-refractivity contribution in [3.05, 3.63) is 23.5 Å². The van der Waals surface area contributed by atoms with Crippen LogP contribution in [0.2, 0.25) is 0 Å². The van der Waals surface area contributed by atoms with Crippen LogP contribution in [0.15, 0.2) is 12.1 Å². The quantitative estimate of drug-likeness (QED) is 0.637. The van der Waals surface area contributed by atoms with Gasteiger partial charge >= 0.3 is 0 Å². The highest BCUT2D eigenvalue weighted by Crippen LogP contribution is 2.16. The Labute approximate surface area is 121 Å². The molecule has 1 rings (SSSR count). The molecule has 5 heteroatoms. The zero-order valence-corrected chi connectivity index (χ0v) is 12.7. The number of pyridine rings is 1. The van der Waals surface area contributed by atoms with E-state index in [-0.39, 0.29) is 6.61 Å². The molecule has 20 heavy (non-hydrogen) atoms. The van der Waals surface area contributed by atoms with Gasteiger partial charge in [-0.15, -0.1) is 0 Å². The Morgan fingerprint density at radius 2 is 2.05 bits per heavy atom. The molecule has 5 nitrogen and oxygen atoms in total. The molecule has 0 radical (unpaired) electrons. The number of aliphatic hydroxyl groups is 1. The maximum atomic E-state index is 8.62. The molecule has 0 saturated carbocycles. The molecule has 0 saturated heterocycles. The highest BCUT2D eigenvalue weighted by Gasteiger charge is 2.06. The average molecular weight is 282 g/mol. The Balaban J connectivity index is 2.47. The Morgan fingerprint density at radius 1 is 1.25 bits per heavy atom. The van der Waals surface area contributed by atoms with Gasteiger partial charge in [-0.1, -0.05) is 13.8 Å². The minimum absolute atomic E-state index is 0.0382. The monoisotopic (exact) mass is 282 g/mol. The molecule has 1 heterocycles. The first kappa shape index (κ1) is 16.9. The van der Waals surface area contributed by atoms with Crippen molar-refractivity contribution in [1.82, 2.24) is 10.3 Å². The van der Waals surface area contributed by atoms with Gasteiger partial charge in [0.05, 0.1) is 25.5 Å². The van der Waals surface area contributed by atoms with Crippen molar-refractivity contribution < 1.29 is 14.6 Å². The highest BCUT2D eigenvalue weighted by atomic mass is 16.5. The lowest BCUT2D eigenvalue weighted by atomic mass is 10.2. The summed E-state index contributed by atoms with van der Waals surface area (Å²) >= 11 is 0. The number of nitrogens with zero attached hydrogens (tertiary/aromatic N) is 1. The number of rotatable bonds is 10. The topological polar surface area (TPSA) is 63.6 Å². The molecule has 114 valence electrons. The van der Waals surface area contributed by atoms with Gasteiger partial charge in [0.2, 0.25) is 0 Å². The lowest BCUT2D eigenvalue weighted by Gasteiger charge is -2.13. The van der Waals surface area contributed by atoms with Crippen LogP contribution < -0.4 is 10.1 Å². The van der Waals surface area contributed by atoms with Gasteiger partial charge in [-0.25, -0.2) is 0 Å². The smallest absolute Gasteiger partial charge is 0.142 e. The van der Waals surface area contributed by atoms with Crippen molar-refractivity contribution in [2.75, 3.05) is 33.0 Å².